The lowest BCUT2D eigenvalue weighted by atomic mass is 9.92. The molecular formula is C25H34N6O3S. The van der Waals surface area contributed by atoms with Crippen molar-refractivity contribution in [2.45, 2.75) is 70.1 Å². The summed E-state index contributed by atoms with van der Waals surface area (Å²) >= 11 is 0. The Morgan fingerprint density at radius 3 is 2.46 bits per heavy atom. The topological polar surface area (TPSA) is 112 Å². The molecule has 1 aliphatic carbocycles. The van der Waals surface area contributed by atoms with E-state index in [9.17, 15) is 13.5 Å². The summed E-state index contributed by atoms with van der Waals surface area (Å²) in [6, 6.07) is 9.95. The molecule has 0 radical (unpaired) electrons. The van der Waals surface area contributed by atoms with Gasteiger partial charge in [-0.1, -0.05) is 12.1 Å². The predicted molar refractivity (Wildman–Crippen MR) is 137 cm³/mol. The summed E-state index contributed by atoms with van der Waals surface area (Å²) in [5.41, 5.74) is 0.907. The van der Waals surface area contributed by atoms with Gasteiger partial charge >= 0.3 is 0 Å². The van der Waals surface area contributed by atoms with Gasteiger partial charge in [0.1, 0.15) is 5.82 Å². The fourth-order valence-electron chi connectivity index (χ4n) is 5.21. The molecule has 1 saturated carbocycles. The molecule has 9 nitrogen and oxygen atoms in total. The summed E-state index contributed by atoms with van der Waals surface area (Å²) in [4.78, 5) is 9.16. The fourth-order valence-corrected chi connectivity index (χ4v) is 6.75. The Labute approximate surface area is 206 Å². The molecule has 0 amide bonds. The third kappa shape index (κ3) is 5.20. The van der Waals surface area contributed by atoms with Crippen LogP contribution in [0.2, 0.25) is 0 Å². The maximum Gasteiger partial charge on any atom is 0.279 e. The van der Waals surface area contributed by atoms with Crippen molar-refractivity contribution in [1.82, 2.24) is 23.6 Å². The van der Waals surface area contributed by atoms with Crippen LogP contribution in [-0.4, -0.2) is 57.5 Å². The molecule has 3 aromatic rings. The second-order valence-corrected chi connectivity index (χ2v) is 11.8. The lowest BCUT2D eigenvalue weighted by molar-refractivity contribution is 0.0802. The van der Waals surface area contributed by atoms with Gasteiger partial charge in [0.05, 0.1) is 11.1 Å². The highest BCUT2D eigenvalue weighted by molar-refractivity contribution is 7.87. The van der Waals surface area contributed by atoms with Crippen LogP contribution in [0, 0.1) is 0 Å². The number of rotatable bonds is 7. The Hall–Kier alpha value is -2.53. The summed E-state index contributed by atoms with van der Waals surface area (Å²) in [7, 11) is -3.38. The first-order valence-electron chi connectivity index (χ1n) is 12.4. The Morgan fingerprint density at radius 1 is 1.03 bits per heavy atom. The van der Waals surface area contributed by atoms with Gasteiger partial charge in [-0.2, -0.15) is 22.4 Å². The first kappa shape index (κ1) is 24.2. The highest BCUT2D eigenvalue weighted by Gasteiger charge is 2.30. The zero-order chi connectivity index (χ0) is 24.6. The summed E-state index contributed by atoms with van der Waals surface area (Å²) in [6.07, 6.45) is 8.85. The normalized spacial score (nSPS) is 22.0. The van der Waals surface area contributed by atoms with Crippen LogP contribution < -0.4 is 10.0 Å². The minimum atomic E-state index is -3.38. The predicted octanol–water partition coefficient (Wildman–Crippen LogP) is 3.30. The maximum absolute atomic E-state index is 12.6. The Balaban J connectivity index is 1.25. The van der Waals surface area contributed by atoms with Crippen molar-refractivity contribution in [2.24, 2.45) is 0 Å². The average molecular weight is 499 g/mol. The van der Waals surface area contributed by atoms with Crippen molar-refractivity contribution in [3.05, 3.63) is 48.3 Å². The van der Waals surface area contributed by atoms with Crippen LogP contribution in [0.1, 0.15) is 57.9 Å². The van der Waals surface area contributed by atoms with Gasteiger partial charge in [0.25, 0.3) is 10.2 Å². The van der Waals surface area contributed by atoms with E-state index in [2.05, 4.69) is 15.0 Å². The second kappa shape index (κ2) is 9.50. The number of hydrogen-bond acceptors (Lipinski definition) is 6. The molecule has 2 fully saturated rings. The molecule has 5 rings (SSSR count). The monoisotopic (exact) mass is 498 g/mol. The van der Waals surface area contributed by atoms with Gasteiger partial charge in [-0.3, -0.25) is 0 Å². The maximum atomic E-state index is 12.6. The smallest absolute Gasteiger partial charge is 0.279 e. The first-order chi connectivity index (χ1) is 16.7. The molecule has 188 valence electrons. The van der Waals surface area contributed by atoms with Gasteiger partial charge in [0.2, 0.25) is 5.95 Å². The highest BCUT2D eigenvalue weighted by atomic mass is 32.2. The number of aromatic nitrogens is 3. The SMILES string of the molecule is CC(C)(O)c1cccc2c1ccn2-c1ccnc(N[C@H]2CC[C@H](NS(=O)(=O)N3CCCC3)CC2)n1. The van der Waals surface area contributed by atoms with Gasteiger partial charge in [-0.05, 0) is 76.1 Å². The summed E-state index contributed by atoms with van der Waals surface area (Å²) in [5, 5.41) is 15.0. The van der Waals surface area contributed by atoms with Gasteiger partial charge in [0.15, 0.2) is 0 Å². The molecule has 0 unspecified atom stereocenters. The molecule has 1 saturated heterocycles. The number of hydrogen-bond donors (Lipinski definition) is 3. The van der Waals surface area contributed by atoms with E-state index in [1.165, 1.54) is 0 Å². The molecule has 1 aromatic carbocycles. The van der Waals surface area contributed by atoms with E-state index in [4.69, 9.17) is 4.98 Å². The van der Waals surface area contributed by atoms with E-state index in [1.807, 2.05) is 41.1 Å². The van der Waals surface area contributed by atoms with Gasteiger partial charge < -0.3 is 15.0 Å². The molecule has 1 aliphatic heterocycles. The highest BCUT2D eigenvalue weighted by Crippen LogP contribution is 2.30. The Bertz CT molecular complexity index is 1290. The zero-order valence-electron chi connectivity index (χ0n) is 20.3. The molecule has 2 aromatic heterocycles. The number of nitrogens with zero attached hydrogens (tertiary/aromatic N) is 4. The summed E-state index contributed by atoms with van der Waals surface area (Å²) < 4.78 is 31.6. The van der Waals surface area contributed by atoms with Crippen LogP contribution >= 0.6 is 0 Å². The molecule has 2 aliphatic rings. The lowest BCUT2D eigenvalue weighted by Gasteiger charge is -2.30. The number of fused-ring (bicyclic) bond motifs is 1. The quantitative estimate of drug-likeness (QED) is 0.461. The first-order valence-corrected chi connectivity index (χ1v) is 13.8. The minimum Gasteiger partial charge on any atom is -0.386 e. The average Bonchev–Trinajstić information content (AvgIpc) is 3.50. The molecule has 0 bridgehead atoms. The van der Waals surface area contributed by atoms with E-state index in [0.717, 1.165) is 60.8 Å². The second-order valence-electron chi connectivity index (χ2n) is 10.1. The molecule has 3 heterocycles. The van der Waals surface area contributed by atoms with Crippen molar-refractivity contribution in [2.75, 3.05) is 18.4 Å². The largest absolute Gasteiger partial charge is 0.386 e. The third-order valence-corrected chi connectivity index (χ3v) is 8.74. The van der Waals surface area contributed by atoms with Gasteiger partial charge in [-0.25, -0.2) is 4.98 Å². The number of anilines is 1. The van der Waals surface area contributed by atoms with Crippen molar-refractivity contribution in [3.8, 4) is 5.82 Å². The van der Waals surface area contributed by atoms with Gasteiger partial charge in [0, 0.05) is 43.0 Å². The van der Waals surface area contributed by atoms with Crippen LogP contribution in [0.15, 0.2) is 42.7 Å². The number of aliphatic hydroxyl groups is 1. The molecule has 35 heavy (non-hydrogen) atoms. The zero-order valence-corrected chi connectivity index (χ0v) is 21.1. The number of nitrogens with one attached hydrogen (secondary N) is 2. The van der Waals surface area contributed by atoms with E-state index >= 15 is 0 Å². The molecule has 0 atom stereocenters. The molecular weight excluding hydrogens is 464 g/mol. The molecule has 10 heteroatoms. The standard InChI is InChI=1S/C25H34N6O3S/c1-25(2,32)21-6-5-7-22-20(21)13-17-31(22)23-12-14-26-24(28-23)27-18-8-10-19(11-9-18)29-35(33,34)30-15-3-4-16-30/h5-7,12-14,17-19,29,32H,3-4,8-11,15-16H2,1-2H3,(H,26,27,28)/t18-,19-. The van der Waals surface area contributed by atoms with Crippen molar-refractivity contribution in [1.29, 1.82) is 0 Å². The third-order valence-electron chi connectivity index (χ3n) is 7.06. The molecule has 0 spiro atoms. The van der Waals surface area contributed by atoms with Crippen molar-refractivity contribution >= 4 is 27.1 Å². The van der Waals surface area contributed by atoms with Gasteiger partial charge in [-0.15, -0.1) is 0 Å². The van der Waals surface area contributed by atoms with E-state index in [1.54, 1.807) is 24.3 Å². The van der Waals surface area contributed by atoms with E-state index < -0.39 is 15.8 Å². The Morgan fingerprint density at radius 2 is 1.74 bits per heavy atom. The van der Waals surface area contributed by atoms with Crippen LogP contribution in [0.4, 0.5) is 5.95 Å². The fraction of sp³-hybridized carbons (Fsp3) is 0.520. The van der Waals surface area contributed by atoms with Crippen LogP contribution in [0.25, 0.3) is 16.7 Å². The van der Waals surface area contributed by atoms with E-state index in [-0.39, 0.29) is 12.1 Å². The van der Waals surface area contributed by atoms with Crippen molar-refractivity contribution < 1.29 is 13.5 Å². The molecule has 3 N–H and O–H groups in total. The van der Waals surface area contributed by atoms with Crippen LogP contribution in [0.3, 0.4) is 0 Å². The minimum absolute atomic E-state index is 0.0258. The van der Waals surface area contributed by atoms with E-state index in [0.29, 0.717) is 19.0 Å². The lowest BCUT2D eigenvalue weighted by Crippen LogP contribution is -2.46. The number of benzene rings is 1. The summed E-state index contributed by atoms with van der Waals surface area (Å²) in [5.74, 6) is 1.31. The summed E-state index contributed by atoms with van der Waals surface area (Å²) in [6.45, 7) is 4.82. The van der Waals surface area contributed by atoms with Crippen LogP contribution in [0.5, 0.6) is 0 Å². The van der Waals surface area contributed by atoms with Crippen molar-refractivity contribution in [3.63, 3.8) is 0 Å². The van der Waals surface area contributed by atoms with Crippen LogP contribution in [-0.2, 0) is 15.8 Å². The Kier molecular flexibility index (Phi) is 6.56.